The van der Waals surface area contributed by atoms with Crippen LogP contribution in [0.15, 0.2) is 72.3 Å². The molecule has 3 rings (SSSR count). The topological polar surface area (TPSA) is 0 Å². The third-order valence-corrected chi connectivity index (χ3v) is 6.11. The molecule has 1 atom stereocenters. The zero-order chi connectivity index (χ0) is 19.6. The average molecular weight is 373 g/mol. The fourth-order valence-electron chi connectivity index (χ4n) is 4.24. The molecule has 0 fully saturated rings. The van der Waals surface area contributed by atoms with Gasteiger partial charge in [0.25, 0.3) is 0 Å². The lowest BCUT2D eigenvalue weighted by molar-refractivity contribution is 0.586. The van der Waals surface area contributed by atoms with E-state index in [4.69, 9.17) is 0 Å². The Balaban J connectivity index is 1.56. The van der Waals surface area contributed by atoms with Gasteiger partial charge in [0.05, 0.1) is 0 Å². The van der Waals surface area contributed by atoms with E-state index in [2.05, 4.69) is 80.6 Å². The van der Waals surface area contributed by atoms with Gasteiger partial charge in [0.2, 0.25) is 0 Å². The third-order valence-electron chi connectivity index (χ3n) is 6.11. The number of hydrogen-bond acceptors (Lipinski definition) is 0. The summed E-state index contributed by atoms with van der Waals surface area (Å²) >= 11 is 0. The molecular weight excluding hydrogens is 336 g/mol. The van der Waals surface area contributed by atoms with E-state index >= 15 is 0 Å². The van der Waals surface area contributed by atoms with Crippen molar-refractivity contribution >= 4 is 0 Å². The molecule has 0 bridgehead atoms. The highest BCUT2D eigenvalue weighted by Crippen LogP contribution is 2.34. The van der Waals surface area contributed by atoms with Gasteiger partial charge < -0.3 is 0 Å². The minimum atomic E-state index is 0.695. The first-order valence-electron chi connectivity index (χ1n) is 11.3. The lowest BCUT2D eigenvalue weighted by atomic mass is 9.83. The SMILES string of the molecule is C/C=C/CCC1=CCC(c2ccc(-c3ccc(CCCCC)cc3)cc2)CC1. The number of aryl methyl sites for hydroxylation is 1. The van der Waals surface area contributed by atoms with Crippen molar-refractivity contribution in [2.24, 2.45) is 0 Å². The molecule has 28 heavy (non-hydrogen) atoms. The summed E-state index contributed by atoms with van der Waals surface area (Å²) in [7, 11) is 0. The predicted octanol–water partition coefficient (Wildman–Crippen LogP) is 8.64. The quantitative estimate of drug-likeness (QED) is 0.305. The van der Waals surface area contributed by atoms with Gasteiger partial charge >= 0.3 is 0 Å². The molecule has 0 aromatic heterocycles. The molecule has 2 aromatic carbocycles. The van der Waals surface area contributed by atoms with Gasteiger partial charge in [-0.15, -0.1) is 0 Å². The maximum Gasteiger partial charge on any atom is -0.0124 e. The summed E-state index contributed by atoms with van der Waals surface area (Å²) in [5.41, 5.74) is 7.30. The molecule has 1 aliphatic carbocycles. The number of allylic oxidation sites excluding steroid dienone is 4. The molecule has 0 heteroatoms. The Morgan fingerprint density at radius 2 is 1.61 bits per heavy atom. The van der Waals surface area contributed by atoms with E-state index < -0.39 is 0 Å². The molecule has 1 unspecified atom stereocenters. The Morgan fingerprint density at radius 1 is 0.893 bits per heavy atom. The van der Waals surface area contributed by atoms with Crippen LogP contribution in [0.3, 0.4) is 0 Å². The molecule has 1 aliphatic rings. The van der Waals surface area contributed by atoms with Gasteiger partial charge in [0, 0.05) is 0 Å². The monoisotopic (exact) mass is 372 g/mol. The molecule has 2 aromatic rings. The summed E-state index contributed by atoms with van der Waals surface area (Å²) in [5.74, 6) is 0.695. The van der Waals surface area contributed by atoms with Crippen LogP contribution in [-0.2, 0) is 6.42 Å². The second-order valence-electron chi connectivity index (χ2n) is 8.22. The Bertz CT molecular complexity index is 759. The highest BCUT2D eigenvalue weighted by molar-refractivity contribution is 5.64. The van der Waals surface area contributed by atoms with Gasteiger partial charge in [-0.05, 0) is 80.0 Å². The molecule has 148 valence electrons. The van der Waals surface area contributed by atoms with E-state index in [9.17, 15) is 0 Å². The van der Waals surface area contributed by atoms with Crippen molar-refractivity contribution in [1.82, 2.24) is 0 Å². The first-order valence-corrected chi connectivity index (χ1v) is 11.3. The highest BCUT2D eigenvalue weighted by Gasteiger charge is 2.16. The van der Waals surface area contributed by atoms with Crippen LogP contribution in [0.5, 0.6) is 0 Å². The number of benzene rings is 2. The largest absolute Gasteiger partial charge is 0.0917 e. The van der Waals surface area contributed by atoms with Crippen molar-refractivity contribution in [3.8, 4) is 11.1 Å². The van der Waals surface area contributed by atoms with Crippen LogP contribution >= 0.6 is 0 Å². The van der Waals surface area contributed by atoms with Crippen LogP contribution in [0, 0.1) is 0 Å². The average Bonchev–Trinajstić information content (AvgIpc) is 2.75. The van der Waals surface area contributed by atoms with Crippen LogP contribution in [0.1, 0.15) is 82.3 Å². The van der Waals surface area contributed by atoms with Crippen molar-refractivity contribution in [3.63, 3.8) is 0 Å². The Hall–Kier alpha value is -2.08. The van der Waals surface area contributed by atoms with E-state index in [-0.39, 0.29) is 0 Å². The molecular formula is C28H36. The number of unbranched alkanes of at least 4 members (excludes halogenated alkanes) is 2. The third kappa shape index (κ3) is 5.96. The summed E-state index contributed by atoms with van der Waals surface area (Å²) in [5, 5.41) is 0. The molecule has 0 heterocycles. The van der Waals surface area contributed by atoms with E-state index in [0.717, 1.165) is 0 Å². The Morgan fingerprint density at radius 3 is 2.21 bits per heavy atom. The lowest BCUT2D eigenvalue weighted by Crippen LogP contribution is -2.04. The molecule has 0 N–H and O–H groups in total. The van der Waals surface area contributed by atoms with Crippen molar-refractivity contribution in [2.45, 2.75) is 77.6 Å². The number of hydrogen-bond donors (Lipinski definition) is 0. The predicted molar refractivity (Wildman–Crippen MR) is 124 cm³/mol. The summed E-state index contributed by atoms with van der Waals surface area (Å²) in [4.78, 5) is 0. The van der Waals surface area contributed by atoms with E-state index in [0.29, 0.717) is 5.92 Å². The van der Waals surface area contributed by atoms with Crippen LogP contribution < -0.4 is 0 Å². The summed E-state index contributed by atoms with van der Waals surface area (Å²) < 4.78 is 0. The van der Waals surface area contributed by atoms with Crippen molar-refractivity contribution in [3.05, 3.63) is 83.5 Å². The molecule has 0 nitrogen and oxygen atoms in total. The van der Waals surface area contributed by atoms with Crippen LogP contribution in [0.25, 0.3) is 11.1 Å². The molecule has 0 saturated carbocycles. The van der Waals surface area contributed by atoms with Crippen LogP contribution in [0.4, 0.5) is 0 Å². The molecule has 0 saturated heterocycles. The van der Waals surface area contributed by atoms with Crippen LogP contribution in [-0.4, -0.2) is 0 Å². The first-order chi connectivity index (χ1) is 13.8. The fourth-order valence-corrected chi connectivity index (χ4v) is 4.24. The minimum absolute atomic E-state index is 0.695. The molecule has 0 radical (unpaired) electrons. The second kappa shape index (κ2) is 11.1. The van der Waals surface area contributed by atoms with E-state index in [1.54, 1.807) is 5.57 Å². The maximum absolute atomic E-state index is 2.50. The molecule has 0 spiro atoms. The fraction of sp³-hybridized carbons (Fsp3) is 0.429. The standard InChI is InChI=1S/C28H36/c1-3-5-7-9-23-11-15-25(16-12-23)27-19-21-28(22-20-27)26-17-13-24(14-18-26)10-8-6-4-2/h3,5,11,13-14,17-22,25H,4,6-10,12,15-16H2,1-2H3/b5-3+. The zero-order valence-electron chi connectivity index (χ0n) is 17.8. The van der Waals surface area contributed by atoms with E-state index in [1.165, 1.54) is 80.0 Å². The van der Waals surface area contributed by atoms with Gasteiger partial charge in [0.15, 0.2) is 0 Å². The van der Waals surface area contributed by atoms with Gasteiger partial charge in [-0.25, -0.2) is 0 Å². The normalized spacial score (nSPS) is 17.1. The number of rotatable bonds is 9. The summed E-state index contributed by atoms with van der Waals surface area (Å²) in [6.45, 7) is 4.37. The summed E-state index contributed by atoms with van der Waals surface area (Å²) in [6.07, 6.45) is 18.3. The van der Waals surface area contributed by atoms with Crippen LogP contribution in [0.2, 0.25) is 0 Å². The van der Waals surface area contributed by atoms with Crippen molar-refractivity contribution < 1.29 is 0 Å². The van der Waals surface area contributed by atoms with Gasteiger partial charge in [-0.3, -0.25) is 0 Å². The zero-order valence-corrected chi connectivity index (χ0v) is 17.8. The van der Waals surface area contributed by atoms with Gasteiger partial charge in [-0.2, -0.15) is 0 Å². The lowest BCUT2D eigenvalue weighted by Gasteiger charge is -2.22. The maximum atomic E-state index is 2.50. The highest BCUT2D eigenvalue weighted by atomic mass is 14.2. The molecule has 0 aliphatic heterocycles. The minimum Gasteiger partial charge on any atom is -0.0917 e. The smallest absolute Gasteiger partial charge is 0.0124 e. The van der Waals surface area contributed by atoms with Gasteiger partial charge in [0.1, 0.15) is 0 Å². The van der Waals surface area contributed by atoms with Crippen molar-refractivity contribution in [2.75, 3.05) is 0 Å². The Kier molecular flexibility index (Phi) is 8.15. The molecule has 0 amide bonds. The van der Waals surface area contributed by atoms with E-state index in [1.807, 2.05) is 0 Å². The van der Waals surface area contributed by atoms with Crippen molar-refractivity contribution in [1.29, 1.82) is 0 Å². The van der Waals surface area contributed by atoms with Gasteiger partial charge in [-0.1, -0.05) is 92.1 Å². The Labute approximate surface area is 172 Å². The first kappa shape index (κ1) is 20.6. The summed E-state index contributed by atoms with van der Waals surface area (Å²) in [6, 6.07) is 18.5. The second-order valence-corrected chi connectivity index (χ2v) is 8.22.